The van der Waals surface area contributed by atoms with Crippen LogP contribution in [0.3, 0.4) is 0 Å². The number of rotatable bonds is 1. The lowest BCUT2D eigenvalue weighted by Crippen LogP contribution is -2.44. The van der Waals surface area contributed by atoms with Crippen molar-refractivity contribution in [2.45, 2.75) is 20.0 Å². The Morgan fingerprint density at radius 3 is 3.00 bits per heavy atom. The van der Waals surface area contributed by atoms with Crippen LogP contribution in [0.4, 0.5) is 0 Å². The molecule has 3 rings (SSSR count). The van der Waals surface area contributed by atoms with Gasteiger partial charge >= 0.3 is 0 Å². The number of hydrogen-bond donors (Lipinski definition) is 0. The number of morpholine rings is 1. The molecule has 0 radical (unpaired) electrons. The summed E-state index contributed by atoms with van der Waals surface area (Å²) >= 11 is 0. The van der Waals surface area contributed by atoms with Crippen LogP contribution < -0.4 is 0 Å². The summed E-state index contributed by atoms with van der Waals surface area (Å²) in [6, 6.07) is 5.73. The molecule has 1 unspecified atom stereocenters. The van der Waals surface area contributed by atoms with Gasteiger partial charge in [0.15, 0.2) is 0 Å². The quantitative estimate of drug-likeness (QED) is 0.795. The molecule has 1 saturated heterocycles. The molecule has 106 valence electrons. The summed E-state index contributed by atoms with van der Waals surface area (Å²) in [5.41, 5.74) is 2.62. The van der Waals surface area contributed by atoms with Crippen molar-refractivity contribution in [2.24, 2.45) is 7.05 Å². The van der Waals surface area contributed by atoms with Crippen LogP contribution in [0.1, 0.15) is 23.1 Å². The Balaban J connectivity index is 1.91. The predicted molar refractivity (Wildman–Crippen MR) is 76.8 cm³/mol. The Morgan fingerprint density at radius 1 is 1.45 bits per heavy atom. The zero-order valence-electron chi connectivity index (χ0n) is 12.1. The van der Waals surface area contributed by atoms with Crippen LogP contribution in [0.2, 0.25) is 0 Å². The summed E-state index contributed by atoms with van der Waals surface area (Å²) in [5, 5.41) is 0. The monoisotopic (exact) mass is 273 g/mol. The SMILES string of the molecule is Cc1nc2cc(C(=O)N3CCOC(C)C3)ccc2n1C. The van der Waals surface area contributed by atoms with Gasteiger partial charge in [0.25, 0.3) is 5.91 Å². The molecule has 0 N–H and O–H groups in total. The van der Waals surface area contributed by atoms with Gasteiger partial charge in [0.1, 0.15) is 5.82 Å². The highest BCUT2D eigenvalue weighted by atomic mass is 16.5. The van der Waals surface area contributed by atoms with Crippen LogP contribution in [0.5, 0.6) is 0 Å². The highest BCUT2D eigenvalue weighted by Gasteiger charge is 2.22. The fraction of sp³-hybridized carbons (Fsp3) is 0.467. The highest BCUT2D eigenvalue weighted by molar-refractivity contribution is 5.97. The highest BCUT2D eigenvalue weighted by Crippen LogP contribution is 2.18. The van der Waals surface area contributed by atoms with Gasteiger partial charge in [0.2, 0.25) is 0 Å². The minimum absolute atomic E-state index is 0.0605. The van der Waals surface area contributed by atoms with Crippen molar-refractivity contribution in [3.05, 3.63) is 29.6 Å². The number of carbonyl (C=O) groups is 1. The summed E-state index contributed by atoms with van der Waals surface area (Å²) in [6.45, 7) is 5.87. The number of carbonyl (C=O) groups excluding carboxylic acids is 1. The molecule has 1 aliphatic heterocycles. The standard InChI is InChI=1S/C15H19N3O2/c1-10-9-18(6-7-20-10)15(19)12-4-5-14-13(8-12)16-11(2)17(14)3/h4-5,8,10H,6-7,9H2,1-3H3. The molecule has 2 aromatic rings. The summed E-state index contributed by atoms with van der Waals surface area (Å²) in [6.07, 6.45) is 0.105. The van der Waals surface area contributed by atoms with Crippen molar-refractivity contribution in [3.63, 3.8) is 0 Å². The minimum atomic E-state index is 0.0605. The first-order valence-corrected chi connectivity index (χ1v) is 6.90. The van der Waals surface area contributed by atoms with Crippen molar-refractivity contribution >= 4 is 16.9 Å². The lowest BCUT2D eigenvalue weighted by molar-refractivity contribution is -0.0124. The van der Waals surface area contributed by atoms with E-state index in [9.17, 15) is 4.79 Å². The number of amides is 1. The molecular weight excluding hydrogens is 254 g/mol. The summed E-state index contributed by atoms with van der Waals surface area (Å²) in [5.74, 6) is 1.01. The van der Waals surface area contributed by atoms with Crippen molar-refractivity contribution in [1.82, 2.24) is 14.5 Å². The number of benzene rings is 1. The first-order chi connectivity index (χ1) is 9.56. The Kier molecular flexibility index (Phi) is 3.22. The van der Waals surface area contributed by atoms with Crippen LogP contribution in [0.15, 0.2) is 18.2 Å². The van der Waals surface area contributed by atoms with E-state index in [0.29, 0.717) is 25.3 Å². The number of hydrogen-bond acceptors (Lipinski definition) is 3. The fourth-order valence-electron chi connectivity index (χ4n) is 2.64. The zero-order chi connectivity index (χ0) is 14.3. The lowest BCUT2D eigenvalue weighted by Gasteiger charge is -2.31. The summed E-state index contributed by atoms with van der Waals surface area (Å²) < 4.78 is 7.50. The van der Waals surface area contributed by atoms with Gasteiger partial charge < -0.3 is 14.2 Å². The largest absolute Gasteiger partial charge is 0.375 e. The number of aromatic nitrogens is 2. The molecule has 2 heterocycles. The molecule has 0 spiro atoms. The van der Waals surface area contributed by atoms with E-state index >= 15 is 0 Å². The molecule has 20 heavy (non-hydrogen) atoms. The lowest BCUT2D eigenvalue weighted by atomic mass is 10.1. The molecule has 1 fully saturated rings. The van der Waals surface area contributed by atoms with Gasteiger partial charge in [-0.2, -0.15) is 0 Å². The van der Waals surface area contributed by atoms with E-state index in [4.69, 9.17) is 4.74 Å². The Hall–Kier alpha value is -1.88. The second-order valence-electron chi connectivity index (χ2n) is 5.35. The number of ether oxygens (including phenoxy) is 1. The first kappa shape index (κ1) is 13.1. The van der Waals surface area contributed by atoms with Crippen LogP contribution in [-0.4, -0.2) is 46.2 Å². The summed E-state index contributed by atoms with van der Waals surface area (Å²) in [4.78, 5) is 18.9. The van der Waals surface area contributed by atoms with Crippen LogP contribution in [0.25, 0.3) is 11.0 Å². The molecule has 0 saturated carbocycles. The molecule has 0 bridgehead atoms. The average Bonchev–Trinajstić information content (AvgIpc) is 2.73. The van der Waals surface area contributed by atoms with Gasteiger partial charge in [-0.05, 0) is 32.0 Å². The molecule has 0 aliphatic carbocycles. The van der Waals surface area contributed by atoms with Crippen molar-refractivity contribution in [2.75, 3.05) is 19.7 Å². The van der Waals surface area contributed by atoms with E-state index in [1.54, 1.807) is 0 Å². The number of nitrogens with zero attached hydrogens (tertiary/aromatic N) is 3. The van der Waals surface area contributed by atoms with Gasteiger partial charge in [-0.1, -0.05) is 0 Å². The van der Waals surface area contributed by atoms with Crippen LogP contribution >= 0.6 is 0 Å². The molecule has 5 heteroatoms. The third kappa shape index (κ3) is 2.18. The van der Waals surface area contributed by atoms with Crippen LogP contribution in [0, 0.1) is 6.92 Å². The molecule has 5 nitrogen and oxygen atoms in total. The normalized spacial score (nSPS) is 19.6. The van der Waals surface area contributed by atoms with Gasteiger partial charge in [-0.3, -0.25) is 4.79 Å². The Morgan fingerprint density at radius 2 is 2.25 bits per heavy atom. The van der Waals surface area contributed by atoms with Gasteiger partial charge in [0, 0.05) is 25.7 Å². The maximum absolute atomic E-state index is 12.5. The molecule has 1 amide bonds. The van der Waals surface area contributed by atoms with Crippen molar-refractivity contribution < 1.29 is 9.53 Å². The fourth-order valence-corrected chi connectivity index (χ4v) is 2.64. The second kappa shape index (κ2) is 4.90. The molecule has 1 aromatic heterocycles. The topological polar surface area (TPSA) is 47.4 Å². The minimum Gasteiger partial charge on any atom is -0.375 e. The van der Waals surface area contributed by atoms with E-state index in [2.05, 4.69) is 4.98 Å². The van der Waals surface area contributed by atoms with Gasteiger partial charge in [0.05, 0.1) is 23.7 Å². The molecule has 1 aromatic carbocycles. The number of imidazole rings is 1. The van der Waals surface area contributed by atoms with E-state index in [0.717, 1.165) is 16.9 Å². The number of aryl methyl sites for hydroxylation is 2. The predicted octanol–water partition coefficient (Wildman–Crippen LogP) is 1.74. The average molecular weight is 273 g/mol. The third-order valence-electron chi connectivity index (χ3n) is 3.88. The van der Waals surface area contributed by atoms with E-state index in [-0.39, 0.29) is 12.0 Å². The Labute approximate surface area is 118 Å². The smallest absolute Gasteiger partial charge is 0.254 e. The van der Waals surface area contributed by atoms with Gasteiger partial charge in [-0.25, -0.2) is 4.98 Å². The Bertz CT molecular complexity index is 662. The molecular formula is C15H19N3O2. The van der Waals surface area contributed by atoms with Crippen molar-refractivity contribution in [3.8, 4) is 0 Å². The second-order valence-corrected chi connectivity index (χ2v) is 5.35. The van der Waals surface area contributed by atoms with Crippen molar-refractivity contribution in [1.29, 1.82) is 0 Å². The van der Waals surface area contributed by atoms with E-state index in [1.807, 2.05) is 48.6 Å². The molecule has 1 atom stereocenters. The van der Waals surface area contributed by atoms with E-state index < -0.39 is 0 Å². The maximum atomic E-state index is 12.5. The first-order valence-electron chi connectivity index (χ1n) is 6.90. The molecule has 1 aliphatic rings. The van der Waals surface area contributed by atoms with Gasteiger partial charge in [-0.15, -0.1) is 0 Å². The summed E-state index contributed by atoms with van der Waals surface area (Å²) in [7, 11) is 1.98. The van der Waals surface area contributed by atoms with E-state index in [1.165, 1.54) is 0 Å². The van der Waals surface area contributed by atoms with Crippen LogP contribution in [-0.2, 0) is 11.8 Å². The number of fused-ring (bicyclic) bond motifs is 1. The third-order valence-corrected chi connectivity index (χ3v) is 3.88. The maximum Gasteiger partial charge on any atom is 0.254 e. The zero-order valence-corrected chi connectivity index (χ0v) is 12.1.